The van der Waals surface area contributed by atoms with Gasteiger partial charge in [-0.15, -0.1) is 0 Å². The van der Waals surface area contributed by atoms with Crippen molar-refractivity contribution in [3.05, 3.63) is 18.2 Å². The van der Waals surface area contributed by atoms with E-state index in [1.54, 1.807) is 0 Å². The molecule has 0 aromatic heterocycles. The van der Waals surface area contributed by atoms with Crippen molar-refractivity contribution in [2.24, 2.45) is 0 Å². The van der Waals surface area contributed by atoms with Gasteiger partial charge in [0.05, 0.1) is 0 Å². The van der Waals surface area contributed by atoms with Crippen LogP contribution in [0.2, 0.25) is 0 Å². The molecule has 0 saturated heterocycles. The van der Waals surface area contributed by atoms with Crippen molar-refractivity contribution in [3.63, 3.8) is 0 Å². The second-order valence-electron chi connectivity index (χ2n) is 3.65. The van der Waals surface area contributed by atoms with Gasteiger partial charge >= 0.3 is 107 Å². The molecule has 5 N–H and O–H groups in total. The minimum absolute atomic E-state index is 0.144. The number of aliphatic hydroxyl groups is 2. The molecule has 0 radical (unpaired) electrons. The first-order valence-electron chi connectivity index (χ1n) is 5.26. The first-order valence-corrected chi connectivity index (χ1v) is 8.64. The van der Waals surface area contributed by atoms with E-state index in [0.717, 1.165) is 6.07 Å². The van der Waals surface area contributed by atoms with Crippen LogP contribution in [0.3, 0.4) is 0 Å². The summed E-state index contributed by atoms with van der Waals surface area (Å²) in [5, 5.41) is 27.5. The number of benzene rings is 1. The van der Waals surface area contributed by atoms with Crippen LogP contribution >= 0.6 is 0 Å². The Kier molecular flexibility index (Phi) is 5.25. The van der Waals surface area contributed by atoms with Crippen LogP contribution in [0.1, 0.15) is 0 Å². The van der Waals surface area contributed by atoms with Crippen molar-refractivity contribution in [1.29, 1.82) is 0 Å². The zero-order valence-corrected chi connectivity index (χ0v) is 11.5. The van der Waals surface area contributed by atoms with Gasteiger partial charge in [0.25, 0.3) is 0 Å². The average Bonchev–Trinajstić information content (AvgIpc) is 2.28. The van der Waals surface area contributed by atoms with Gasteiger partial charge in [-0.05, 0) is 0 Å². The summed E-state index contributed by atoms with van der Waals surface area (Å²) in [6.07, 6.45) is 0. The van der Waals surface area contributed by atoms with E-state index in [2.05, 4.69) is 0 Å². The third-order valence-corrected chi connectivity index (χ3v) is 4.37. The van der Waals surface area contributed by atoms with Crippen molar-refractivity contribution < 1.29 is 27.3 Å². The molecule has 1 aromatic rings. The Labute approximate surface area is 107 Å². The zero-order chi connectivity index (χ0) is 13.8. The molecule has 0 heterocycles. The molecule has 1 aromatic carbocycles. The van der Waals surface area contributed by atoms with E-state index in [4.69, 9.17) is 18.4 Å². The van der Waals surface area contributed by atoms with Crippen molar-refractivity contribution in [3.8, 4) is 5.75 Å². The Morgan fingerprint density at radius 1 is 1.11 bits per heavy atom. The Morgan fingerprint density at radius 3 is 2.11 bits per heavy atom. The summed E-state index contributed by atoms with van der Waals surface area (Å²) < 4.78 is 29.3. The minimum atomic E-state index is -5.03. The summed E-state index contributed by atoms with van der Waals surface area (Å²) in [7, 11) is 0. The van der Waals surface area contributed by atoms with Gasteiger partial charge in [-0.3, -0.25) is 0 Å². The van der Waals surface area contributed by atoms with Gasteiger partial charge in [0, 0.05) is 0 Å². The Morgan fingerprint density at radius 2 is 1.67 bits per heavy atom. The number of rotatable bonds is 6. The van der Waals surface area contributed by atoms with Crippen molar-refractivity contribution in [2.45, 2.75) is 0 Å². The van der Waals surface area contributed by atoms with E-state index in [0.29, 0.717) is 0 Å². The molecule has 0 atom stereocenters. The molecule has 0 aliphatic heterocycles. The van der Waals surface area contributed by atoms with E-state index in [1.807, 2.05) is 0 Å². The van der Waals surface area contributed by atoms with Crippen LogP contribution in [0.4, 0.5) is 5.69 Å². The first-order chi connectivity index (χ1) is 8.40. The topological polar surface area (TPSA) is 121 Å². The molecular formula is C10H16AsNO6. The van der Waals surface area contributed by atoms with Gasteiger partial charge in [0.15, 0.2) is 0 Å². The van der Waals surface area contributed by atoms with Crippen LogP contribution in [-0.4, -0.2) is 64.0 Å². The molecule has 0 saturated carbocycles. The number of hydrogen-bond acceptors (Lipinski definition) is 5. The van der Waals surface area contributed by atoms with E-state index < -0.39 is 14.2 Å². The summed E-state index contributed by atoms with van der Waals surface area (Å²) in [4.78, 5) is 1.45. The molecule has 102 valence electrons. The fourth-order valence-electron chi connectivity index (χ4n) is 1.54. The third-order valence-electron chi connectivity index (χ3n) is 2.38. The third kappa shape index (κ3) is 3.76. The summed E-state index contributed by atoms with van der Waals surface area (Å²) in [5.74, 6) is -0.162. The maximum absolute atomic E-state index is 11.2. The van der Waals surface area contributed by atoms with Gasteiger partial charge in [-0.2, -0.15) is 0 Å². The molecule has 8 heteroatoms. The molecule has 0 unspecified atom stereocenters. The molecule has 0 aliphatic rings. The molecule has 0 amide bonds. The Bertz CT molecular complexity index is 440. The van der Waals surface area contributed by atoms with Crippen LogP contribution in [0.25, 0.3) is 0 Å². The van der Waals surface area contributed by atoms with Gasteiger partial charge in [-0.25, -0.2) is 0 Å². The number of aliphatic hydroxyl groups excluding tert-OH is 2. The normalized spacial score (nSPS) is 11.6. The number of phenols is 1. The molecule has 18 heavy (non-hydrogen) atoms. The second-order valence-corrected chi connectivity index (χ2v) is 7.02. The second kappa shape index (κ2) is 6.26. The Hall–Kier alpha value is -0.982. The van der Waals surface area contributed by atoms with Crippen molar-refractivity contribution in [1.82, 2.24) is 0 Å². The molecule has 0 spiro atoms. The predicted octanol–water partition coefficient (Wildman–Crippen LogP) is -2.26. The van der Waals surface area contributed by atoms with Crippen LogP contribution in [0, 0.1) is 0 Å². The molecule has 7 nitrogen and oxygen atoms in total. The van der Waals surface area contributed by atoms with Gasteiger partial charge in [0.2, 0.25) is 0 Å². The SMILES string of the molecule is O=[As](O)(O)c1ccc(O)c(N(CCO)CCO)c1. The zero-order valence-electron chi connectivity index (χ0n) is 9.60. The van der Waals surface area contributed by atoms with E-state index in [9.17, 15) is 8.85 Å². The fourth-order valence-corrected chi connectivity index (χ4v) is 2.71. The van der Waals surface area contributed by atoms with E-state index >= 15 is 0 Å². The van der Waals surface area contributed by atoms with Crippen LogP contribution in [0.5, 0.6) is 5.75 Å². The van der Waals surface area contributed by atoms with Crippen molar-refractivity contribution in [2.75, 3.05) is 31.2 Å². The van der Waals surface area contributed by atoms with E-state index in [1.165, 1.54) is 17.0 Å². The van der Waals surface area contributed by atoms with Gasteiger partial charge in [0.1, 0.15) is 0 Å². The quantitative estimate of drug-likeness (QED) is 0.375. The van der Waals surface area contributed by atoms with Crippen molar-refractivity contribution >= 4 is 24.2 Å². The molecule has 1 rings (SSSR count). The molecular weight excluding hydrogens is 305 g/mol. The number of nitrogens with zero attached hydrogens (tertiary/aromatic N) is 1. The number of anilines is 1. The summed E-state index contributed by atoms with van der Waals surface area (Å²) in [5.41, 5.74) is 0.181. The number of aromatic hydroxyl groups is 1. The molecule has 0 fully saturated rings. The van der Waals surface area contributed by atoms with Crippen LogP contribution in [-0.2, 0) is 3.74 Å². The summed E-state index contributed by atoms with van der Waals surface area (Å²) in [6.45, 7) is -0.119. The maximum atomic E-state index is 11.2. The van der Waals surface area contributed by atoms with Crippen LogP contribution < -0.4 is 9.25 Å². The fraction of sp³-hybridized carbons (Fsp3) is 0.400. The van der Waals surface area contributed by atoms with Gasteiger partial charge < -0.3 is 0 Å². The molecule has 0 aliphatic carbocycles. The molecule has 0 bridgehead atoms. The number of phenolic OH excluding ortho intramolecular Hbond substituents is 1. The monoisotopic (exact) mass is 321 g/mol. The summed E-state index contributed by atoms with van der Waals surface area (Å²) >= 11 is -5.03. The predicted molar refractivity (Wildman–Crippen MR) is 65.0 cm³/mol. The summed E-state index contributed by atoms with van der Waals surface area (Å²) in [6, 6.07) is 3.53. The van der Waals surface area contributed by atoms with Gasteiger partial charge in [-0.1, -0.05) is 0 Å². The first kappa shape index (κ1) is 15.1. The standard InChI is InChI=1S/C10H16AsNO6/c13-5-3-12(4-6-14)9-7-8(11(16,17)18)1-2-10(9)15/h1-2,7,13-15H,3-6H2,(H2,16,17,18). The average molecular weight is 321 g/mol. The number of hydrogen-bond donors (Lipinski definition) is 5. The van der Waals surface area contributed by atoms with E-state index in [-0.39, 0.29) is 42.1 Å². The Balaban J connectivity index is 3.16. The van der Waals surface area contributed by atoms with Crippen LogP contribution in [0.15, 0.2) is 18.2 Å².